The van der Waals surface area contributed by atoms with Gasteiger partial charge in [-0.3, -0.25) is 4.79 Å². The van der Waals surface area contributed by atoms with E-state index >= 15 is 0 Å². The molecule has 2 heterocycles. The minimum absolute atomic E-state index is 0.154. The molecule has 7 heteroatoms. The fourth-order valence-electron chi connectivity index (χ4n) is 2.51. The molecule has 1 atom stereocenters. The standard InChI is InChI=1S/C18H24N2O4S/c1-5-23-17(22)15-9-18(4,25-13(3)12(15)2)20-16(21)11-19-10-14-7-6-8-24-14/h6-9,19H,5,10-11H2,1-4H3,(H,20,21). The van der Waals surface area contributed by atoms with Gasteiger partial charge in [0.25, 0.3) is 0 Å². The molecule has 0 radical (unpaired) electrons. The van der Waals surface area contributed by atoms with Crippen LogP contribution in [0.25, 0.3) is 0 Å². The van der Waals surface area contributed by atoms with Crippen LogP contribution in [0, 0.1) is 0 Å². The molecule has 0 aliphatic carbocycles. The van der Waals surface area contributed by atoms with Gasteiger partial charge in [0.2, 0.25) is 5.91 Å². The lowest BCUT2D eigenvalue weighted by Crippen LogP contribution is -2.46. The van der Waals surface area contributed by atoms with Crippen LogP contribution < -0.4 is 10.6 Å². The van der Waals surface area contributed by atoms with Gasteiger partial charge in [0.1, 0.15) is 10.6 Å². The second kappa shape index (κ2) is 8.40. The maximum atomic E-state index is 12.3. The second-order valence-electron chi connectivity index (χ2n) is 5.90. The first-order valence-electron chi connectivity index (χ1n) is 8.15. The number of thioether (sulfide) groups is 1. The smallest absolute Gasteiger partial charge is 0.338 e. The first-order valence-corrected chi connectivity index (χ1v) is 8.97. The molecule has 0 fully saturated rings. The SMILES string of the molecule is CCOC(=O)C1=CC(C)(NC(=O)CNCc2ccco2)SC(C)=C1C. The molecule has 0 bridgehead atoms. The van der Waals surface area contributed by atoms with Gasteiger partial charge in [-0.15, -0.1) is 0 Å². The number of rotatable bonds is 7. The normalized spacial score (nSPS) is 20.2. The van der Waals surface area contributed by atoms with Crippen molar-refractivity contribution in [2.75, 3.05) is 13.2 Å². The predicted octanol–water partition coefficient (Wildman–Crippen LogP) is 2.73. The van der Waals surface area contributed by atoms with E-state index in [2.05, 4.69) is 10.6 Å². The van der Waals surface area contributed by atoms with Gasteiger partial charge in [0.15, 0.2) is 0 Å². The molecule has 0 spiro atoms. The van der Waals surface area contributed by atoms with E-state index in [1.165, 1.54) is 11.8 Å². The lowest BCUT2D eigenvalue weighted by atomic mass is 10.0. The van der Waals surface area contributed by atoms with E-state index in [0.29, 0.717) is 18.7 Å². The van der Waals surface area contributed by atoms with Crippen LogP contribution in [0.5, 0.6) is 0 Å². The van der Waals surface area contributed by atoms with E-state index in [1.807, 2.05) is 26.8 Å². The summed E-state index contributed by atoms with van der Waals surface area (Å²) in [6, 6.07) is 3.64. The fourth-order valence-corrected chi connectivity index (χ4v) is 3.75. The van der Waals surface area contributed by atoms with Crippen molar-refractivity contribution in [2.45, 2.75) is 39.1 Å². The lowest BCUT2D eigenvalue weighted by molar-refractivity contribution is -0.138. The molecule has 1 aromatic rings. The molecule has 1 aliphatic rings. The second-order valence-corrected chi connectivity index (χ2v) is 7.56. The van der Waals surface area contributed by atoms with Crippen molar-refractivity contribution < 1.29 is 18.7 Å². The number of hydrogen-bond acceptors (Lipinski definition) is 6. The molecule has 1 unspecified atom stereocenters. The van der Waals surface area contributed by atoms with E-state index in [-0.39, 0.29) is 18.4 Å². The number of carbonyl (C=O) groups excluding carboxylic acids is 2. The topological polar surface area (TPSA) is 80.6 Å². The van der Waals surface area contributed by atoms with Crippen molar-refractivity contribution in [1.29, 1.82) is 0 Å². The van der Waals surface area contributed by atoms with Crippen molar-refractivity contribution >= 4 is 23.6 Å². The number of esters is 1. The van der Waals surface area contributed by atoms with E-state index < -0.39 is 4.87 Å². The summed E-state index contributed by atoms with van der Waals surface area (Å²) in [5.41, 5.74) is 1.38. The van der Waals surface area contributed by atoms with E-state index in [1.54, 1.807) is 25.3 Å². The van der Waals surface area contributed by atoms with Gasteiger partial charge in [-0.25, -0.2) is 4.79 Å². The number of furan rings is 1. The molecule has 0 saturated heterocycles. The highest BCUT2D eigenvalue weighted by atomic mass is 32.2. The van der Waals surface area contributed by atoms with Crippen molar-refractivity contribution in [3.8, 4) is 0 Å². The first-order chi connectivity index (χ1) is 11.8. The van der Waals surface area contributed by atoms with Crippen LogP contribution in [-0.4, -0.2) is 29.9 Å². The Morgan fingerprint density at radius 3 is 2.76 bits per heavy atom. The third-order valence-electron chi connectivity index (χ3n) is 3.76. The molecule has 2 N–H and O–H groups in total. The third kappa shape index (κ3) is 5.24. The maximum Gasteiger partial charge on any atom is 0.338 e. The summed E-state index contributed by atoms with van der Waals surface area (Å²) in [5.74, 6) is 0.245. The number of ether oxygens (including phenoxy) is 1. The van der Waals surface area contributed by atoms with Gasteiger partial charge in [-0.1, -0.05) is 11.8 Å². The lowest BCUT2D eigenvalue weighted by Gasteiger charge is -2.32. The zero-order valence-electron chi connectivity index (χ0n) is 15.0. The Kier molecular flexibility index (Phi) is 6.50. The van der Waals surface area contributed by atoms with Crippen LogP contribution >= 0.6 is 11.8 Å². The molecule has 1 amide bonds. The van der Waals surface area contributed by atoms with E-state index in [0.717, 1.165) is 16.2 Å². The van der Waals surface area contributed by atoms with Gasteiger partial charge in [0, 0.05) is 0 Å². The highest BCUT2D eigenvalue weighted by Gasteiger charge is 2.33. The summed E-state index contributed by atoms with van der Waals surface area (Å²) in [4.78, 5) is 24.7. The molecule has 6 nitrogen and oxygen atoms in total. The number of carbonyl (C=O) groups is 2. The minimum Gasteiger partial charge on any atom is -0.468 e. The monoisotopic (exact) mass is 364 g/mol. The van der Waals surface area contributed by atoms with E-state index in [4.69, 9.17) is 9.15 Å². The van der Waals surface area contributed by atoms with Crippen molar-refractivity contribution in [3.63, 3.8) is 0 Å². The number of nitrogens with one attached hydrogen (secondary N) is 2. The van der Waals surface area contributed by atoms with Gasteiger partial charge < -0.3 is 19.8 Å². The Morgan fingerprint density at radius 1 is 1.36 bits per heavy atom. The van der Waals surface area contributed by atoms with E-state index in [9.17, 15) is 9.59 Å². The number of allylic oxidation sites excluding steroid dienone is 1. The molecule has 0 aromatic carbocycles. The molecule has 2 rings (SSSR count). The Labute approximate surface area is 152 Å². The van der Waals surface area contributed by atoms with Crippen LogP contribution in [0.2, 0.25) is 0 Å². The van der Waals surface area contributed by atoms with Crippen LogP contribution in [0.1, 0.15) is 33.5 Å². The molecule has 1 aliphatic heterocycles. The summed E-state index contributed by atoms with van der Waals surface area (Å²) in [6.45, 7) is 8.41. The van der Waals surface area contributed by atoms with Gasteiger partial charge in [0.05, 0.1) is 31.5 Å². The summed E-state index contributed by atoms with van der Waals surface area (Å²) in [5, 5.41) is 6.00. The van der Waals surface area contributed by atoms with Crippen molar-refractivity contribution in [3.05, 3.63) is 46.3 Å². The molecule has 25 heavy (non-hydrogen) atoms. The van der Waals surface area contributed by atoms with Crippen LogP contribution in [0.3, 0.4) is 0 Å². The minimum atomic E-state index is -0.699. The Bertz CT molecular complexity index is 694. The zero-order chi connectivity index (χ0) is 18.4. The van der Waals surface area contributed by atoms with Crippen LogP contribution in [0.4, 0.5) is 0 Å². The van der Waals surface area contributed by atoms with Crippen LogP contribution in [-0.2, 0) is 20.9 Å². The van der Waals surface area contributed by atoms with Gasteiger partial charge in [-0.05, 0) is 56.4 Å². The molecule has 136 valence electrons. The average Bonchev–Trinajstić information content (AvgIpc) is 3.04. The Morgan fingerprint density at radius 2 is 2.12 bits per heavy atom. The largest absolute Gasteiger partial charge is 0.468 e. The average molecular weight is 364 g/mol. The van der Waals surface area contributed by atoms with Crippen molar-refractivity contribution in [2.24, 2.45) is 0 Å². The third-order valence-corrected chi connectivity index (χ3v) is 5.02. The maximum absolute atomic E-state index is 12.3. The Hall–Kier alpha value is -1.99. The quantitative estimate of drug-likeness (QED) is 0.724. The summed E-state index contributed by atoms with van der Waals surface area (Å²) >= 11 is 1.51. The first kappa shape index (κ1) is 19.3. The number of hydrogen-bond donors (Lipinski definition) is 2. The van der Waals surface area contributed by atoms with Crippen molar-refractivity contribution in [1.82, 2.24) is 10.6 Å². The van der Waals surface area contributed by atoms with Gasteiger partial charge in [-0.2, -0.15) is 0 Å². The highest BCUT2D eigenvalue weighted by Crippen LogP contribution is 2.40. The number of amides is 1. The molecular weight excluding hydrogens is 340 g/mol. The highest BCUT2D eigenvalue weighted by molar-refractivity contribution is 8.04. The summed E-state index contributed by atoms with van der Waals surface area (Å²) < 4.78 is 10.3. The summed E-state index contributed by atoms with van der Waals surface area (Å²) in [7, 11) is 0. The molecule has 0 saturated carbocycles. The predicted molar refractivity (Wildman–Crippen MR) is 97.6 cm³/mol. The van der Waals surface area contributed by atoms with Crippen LogP contribution in [0.15, 0.2) is 44.9 Å². The van der Waals surface area contributed by atoms with Gasteiger partial charge >= 0.3 is 5.97 Å². The molecular formula is C18H24N2O4S. The zero-order valence-corrected chi connectivity index (χ0v) is 15.8. The fraction of sp³-hybridized carbons (Fsp3) is 0.444. The molecule has 1 aromatic heterocycles. The summed E-state index contributed by atoms with van der Waals surface area (Å²) in [6.07, 6.45) is 3.36. The Balaban J connectivity index is 1.99.